The van der Waals surface area contributed by atoms with Crippen LogP contribution in [0, 0.1) is 5.92 Å². The number of hydrogen-bond acceptors (Lipinski definition) is 7. The van der Waals surface area contributed by atoms with Gasteiger partial charge in [-0.25, -0.2) is 15.0 Å². The minimum atomic E-state index is -0.118. The fourth-order valence-corrected chi connectivity index (χ4v) is 5.12. The lowest BCUT2D eigenvalue weighted by Crippen LogP contribution is -2.35. The van der Waals surface area contributed by atoms with E-state index in [4.69, 9.17) is 0 Å². The van der Waals surface area contributed by atoms with E-state index in [-0.39, 0.29) is 11.9 Å². The van der Waals surface area contributed by atoms with Gasteiger partial charge in [0.25, 0.3) is 5.91 Å². The summed E-state index contributed by atoms with van der Waals surface area (Å²) in [4.78, 5) is 29.3. The molecule has 0 radical (unpaired) electrons. The first-order chi connectivity index (χ1) is 14.2. The highest BCUT2D eigenvalue weighted by Gasteiger charge is 2.30. The van der Waals surface area contributed by atoms with E-state index in [2.05, 4.69) is 55.6 Å². The minimum absolute atomic E-state index is 0.118. The molecule has 0 aliphatic carbocycles. The molecule has 8 heteroatoms. The van der Waals surface area contributed by atoms with Crippen LogP contribution in [0.3, 0.4) is 0 Å². The Morgan fingerprint density at radius 1 is 1.28 bits per heavy atom. The molecule has 0 bridgehead atoms. The van der Waals surface area contributed by atoms with Gasteiger partial charge in [0.2, 0.25) is 0 Å². The summed E-state index contributed by atoms with van der Waals surface area (Å²) in [6.45, 7) is 4.94. The number of piperidine rings is 1. The SMILES string of the molecule is CC1Cc2ccccc2N1c1ncnc2sc(C(=O)NCC3CCNCC3)nc12. The number of nitrogens with zero attached hydrogens (tertiary/aromatic N) is 4. The van der Waals surface area contributed by atoms with Crippen molar-refractivity contribution in [2.24, 2.45) is 5.92 Å². The number of carbonyl (C=O) groups is 1. The molecular weight excluding hydrogens is 384 g/mol. The molecule has 150 valence electrons. The van der Waals surface area contributed by atoms with Crippen LogP contribution in [0.5, 0.6) is 0 Å². The summed E-state index contributed by atoms with van der Waals surface area (Å²) >= 11 is 1.33. The third kappa shape index (κ3) is 3.47. The van der Waals surface area contributed by atoms with Gasteiger partial charge in [-0.15, -0.1) is 0 Å². The Labute approximate surface area is 173 Å². The summed E-state index contributed by atoms with van der Waals surface area (Å²) < 4.78 is 0. The van der Waals surface area contributed by atoms with Crippen LogP contribution in [-0.4, -0.2) is 46.5 Å². The van der Waals surface area contributed by atoms with E-state index in [0.717, 1.165) is 48.7 Å². The number of amides is 1. The van der Waals surface area contributed by atoms with Crippen LogP contribution in [-0.2, 0) is 6.42 Å². The number of carbonyl (C=O) groups excluding carboxylic acids is 1. The standard InChI is InChI=1S/C21H24N6OS/c1-13-10-15-4-2-3-5-16(15)27(13)18-17-20(25-12-24-18)29-21(26-17)19(28)23-11-14-6-8-22-9-7-14/h2-5,12-14,22H,6-11H2,1H3,(H,23,28). The molecule has 3 aromatic rings. The van der Waals surface area contributed by atoms with Gasteiger partial charge in [0, 0.05) is 18.3 Å². The van der Waals surface area contributed by atoms with Crippen molar-refractivity contribution in [3.63, 3.8) is 0 Å². The number of aromatic nitrogens is 3. The lowest BCUT2D eigenvalue weighted by Gasteiger charge is -2.23. The first-order valence-electron chi connectivity index (χ1n) is 10.2. The van der Waals surface area contributed by atoms with E-state index in [1.807, 2.05) is 6.07 Å². The van der Waals surface area contributed by atoms with Crippen molar-refractivity contribution in [2.45, 2.75) is 32.2 Å². The molecule has 5 rings (SSSR count). The summed E-state index contributed by atoms with van der Waals surface area (Å²) in [5.74, 6) is 1.19. The normalized spacial score (nSPS) is 19.5. The molecule has 1 saturated heterocycles. The van der Waals surface area contributed by atoms with Crippen LogP contribution in [0.15, 0.2) is 30.6 Å². The third-order valence-electron chi connectivity index (χ3n) is 5.82. The van der Waals surface area contributed by atoms with Gasteiger partial charge in [-0.3, -0.25) is 4.79 Å². The quantitative estimate of drug-likeness (QED) is 0.691. The van der Waals surface area contributed by atoms with E-state index in [9.17, 15) is 4.79 Å². The second-order valence-electron chi connectivity index (χ2n) is 7.83. The number of nitrogens with one attached hydrogen (secondary N) is 2. The number of para-hydroxylation sites is 1. The van der Waals surface area contributed by atoms with Crippen LogP contribution in [0.2, 0.25) is 0 Å². The van der Waals surface area contributed by atoms with Crippen molar-refractivity contribution in [1.82, 2.24) is 25.6 Å². The molecule has 1 amide bonds. The second kappa shape index (κ2) is 7.68. The third-order valence-corrected chi connectivity index (χ3v) is 6.78. The minimum Gasteiger partial charge on any atom is -0.350 e. The summed E-state index contributed by atoms with van der Waals surface area (Å²) in [6, 6.07) is 8.67. The van der Waals surface area contributed by atoms with Crippen LogP contribution in [0.4, 0.5) is 11.5 Å². The van der Waals surface area contributed by atoms with Crippen molar-refractivity contribution < 1.29 is 4.79 Å². The summed E-state index contributed by atoms with van der Waals surface area (Å²) in [5, 5.41) is 6.87. The molecule has 4 heterocycles. The van der Waals surface area contributed by atoms with Crippen LogP contribution < -0.4 is 15.5 Å². The molecule has 1 atom stereocenters. The lowest BCUT2D eigenvalue weighted by molar-refractivity contribution is 0.0944. The van der Waals surface area contributed by atoms with Crippen molar-refractivity contribution in [1.29, 1.82) is 0 Å². The van der Waals surface area contributed by atoms with Crippen LogP contribution in [0.1, 0.15) is 35.1 Å². The van der Waals surface area contributed by atoms with Crippen LogP contribution in [0.25, 0.3) is 10.3 Å². The molecule has 0 spiro atoms. The second-order valence-corrected chi connectivity index (χ2v) is 8.80. The number of rotatable bonds is 4. The van der Waals surface area contributed by atoms with Crippen molar-refractivity contribution in [3.05, 3.63) is 41.2 Å². The van der Waals surface area contributed by atoms with Crippen molar-refractivity contribution in [3.8, 4) is 0 Å². The van der Waals surface area contributed by atoms with Crippen LogP contribution >= 0.6 is 11.3 Å². The predicted octanol–water partition coefficient (Wildman–Crippen LogP) is 2.90. The molecule has 2 aliphatic heterocycles. The van der Waals surface area contributed by atoms with E-state index < -0.39 is 0 Å². The Bertz CT molecular complexity index is 1040. The highest BCUT2D eigenvalue weighted by Crippen LogP contribution is 2.40. The first-order valence-corrected chi connectivity index (χ1v) is 11.0. The smallest absolute Gasteiger partial charge is 0.280 e. The summed E-state index contributed by atoms with van der Waals surface area (Å²) in [5.41, 5.74) is 3.17. The van der Waals surface area contributed by atoms with Gasteiger partial charge in [0.15, 0.2) is 10.8 Å². The summed E-state index contributed by atoms with van der Waals surface area (Å²) in [7, 11) is 0. The molecule has 7 nitrogen and oxygen atoms in total. The Kier molecular flexibility index (Phi) is 4.89. The van der Waals surface area contributed by atoms with Gasteiger partial charge in [-0.1, -0.05) is 29.5 Å². The molecule has 2 aliphatic rings. The number of benzene rings is 1. The predicted molar refractivity (Wildman–Crippen MR) is 115 cm³/mol. The van der Waals surface area contributed by atoms with Crippen molar-refractivity contribution >= 4 is 39.1 Å². The van der Waals surface area contributed by atoms with E-state index in [1.54, 1.807) is 6.33 Å². The number of thiazole rings is 1. The topological polar surface area (TPSA) is 83.0 Å². The monoisotopic (exact) mass is 408 g/mol. The number of fused-ring (bicyclic) bond motifs is 2. The highest BCUT2D eigenvalue weighted by atomic mass is 32.1. The van der Waals surface area contributed by atoms with Gasteiger partial charge in [0.1, 0.15) is 16.7 Å². The Morgan fingerprint density at radius 3 is 2.97 bits per heavy atom. The summed E-state index contributed by atoms with van der Waals surface area (Å²) in [6.07, 6.45) is 4.74. The fraction of sp³-hybridized carbons (Fsp3) is 0.429. The average Bonchev–Trinajstić information content (AvgIpc) is 3.33. The lowest BCUT2D eigenvalue weighted by atomic mass is 9.98. The Hall–Kier alpha value is -2.58. The zero-order chi connectivity index (χ0) is 19.8. The van der Waals surface area contributed by atoms with E-state index >= 15 is 0 Å². The molecule has 29 heavy (non-hydrogen) atoms. The van der Waals surface area contributed by atoms with Gasteiger partial charge < -0.3 is 15.5 Å². The fourth-order valence-electron chi connectivity index (χ4n) is 4.30. The molecule has 2 aromatic heterocycles. The van der Waals surface area contributed by atoms with Gasteiger partial charge in [-0.2, -0.15) is 0 Å². The van der Waals surface area contributed by atoms with E-state index in [0.29, 0.717) is 23.0 Å². The molecular formula is C21H24N6OS. The maximum Gasteiger partial charge on any atom is 0.280 e. The molecule has 1 aromatic carbocycles. The number of hydrogen-bond donors (Lipinski definition) is 2. The number of anilines is 2. The van der Waals surface area contributed by atoms with Gasteiger partial charge in [0.05, 0.1) is 0 Å². The van der Waals surface area contributed by atoms with E-state index in [1.165, 1.54) is 16.9 Å². The Morgan fingerprint density at radius 2 is 2.10 bits per heavy atom. The molecule has 2 N–H and O–H groups in total. The zero-order valence-electron chi connectivity index (χ0n) is 16.4. The highest BCUT2D eigenvalue weighted by molar-refractivity contribution is 7.19. The maximum absolute atomic E-state index is 12.7. The molecule has 1 unspecified atom stereocenters. The average molecular weight is 409 g/mol. The maximum atomic E-state index is 12.7. The Balaban J connectivity index is 1.42. The zero-order valence-corrected chi connectivity index (χ0v) is 17.2. The van der Waals surface area contributed by atoms with Crippen molar-refractivity contribution in [2.75, 3.05) is 24.5 Å². The largest absolute Gasteiger partial charge is 0.350 e. The molecule has 1 fully saturated rings. The van der Waals surface area contributed by atoms with Gasteiger partial charge >= 0.3 is 0 Å². The first kappa shape index (κ1) is 18.4. The van der Waals surface area contributed by atoms with Gasteiger partial charge in [-0.05, 0) is 56.8 Å². The molecule has 0 saturated carbocycles.